The Bertz CT molecular complexity index is 1050. The number of nitrogens with zero attached hydrogens (tertiary/aromatic N) is 3. The highest BCUT2D eigenvalue weighted by molar-refractivity contribution is 6.30. The third-order valence-corrected chi connectivity index (χ3v) is 9.99. The van der Waals surface area contributed by atoms with E-state index in [0.29, 0.717) is 29.9 Å². The summed E-state index contributed by atoms with van der Waals surface area (Å²) in [5.74, 6) is 0.0962. The monoisotopic (exact) mass is 573 g/mol. The fourth-order valence-electron chi connectivity index (χ4n) is 7.08. The maximum Gasteiger partial charge on any atom is 0.228 e. The Balaban J connectivity index is 1.61. The summed E-state index contributed by atoms with van der Waals surface area (Å²) in [7, 11) is 0. The van der Waals surface area contributed by atoms with E-state index < -0.39 is 5.41 Å². The molecule has 6 nitrogen and oxygen atoms in total. The molecule has 0 spiro atoms. The molecule has 3 fully saturated rings. The SMILES string of the molecule is CC1(C)CCC(N(C(=O)C(C)(C)C)[C@H]2C[C@@H](CO)N(C(=O)[C@@H]3CN(C(C)(C)C)C[C@H]3c3ccc(Cl)cc3)C2)CC1. The highest BCUT2D eigenvalue weighted by Gasteiger charge is 2.49. The Kier molecular flexibility index (Phi) is 9.05. The summed E-state index contributed by atoms with van der Waals surface area (Å²) in [5, 5.41) is 11.2. The molecular weight excluding hydrogens is 522 g/mol. The fraction of sp³-hybridized carbons (Fsp3) is 0.758. The van der Waals surface area contributed by atoms with Crippen LogP contribution in [0.5, 0.6) is 0 Å². The zero-order valence-electron chi connectivity index (χ0n) is 26.0. The van der Waals surface area contributed by atoms with E-state index in [1.165, 1.54) is 0 Å². The molecule has 2 saturated heterocycles. The number of hydrogen-bond donors (Lipinski definition) is 1. The number of aliphatic hydroxyl groups excluding tert-OH is 1. The van der Waals surface area contributed by atoms with Crippen LogP contribution >= 0.6 is 11.6 Å². The van der Waals surface area contributed by atoms with E-state index in [2.05, 4.69) is 44.4 Å². The first-order valence-electron chi connectivity index (χ1n) is 15.3. The lowest BCUT2D eigenvalue weighted by Gasteiger charge is -2.45. The smallest absolute Gasteiger partial charge is 0.228 e. The summed E-state index contributed by atoms with van der Waals surface area (Å²) in [6.07, 6.45) is 4.80. The quantitative estimate of drug-likeness (QED) is 0.472. The lowest BCUT2D eigenvalue weighted by molar-refractivity contribution is -0.147. The van der Waals surface area contributed by atoms with Crippen LogP contribution in [0.1, 0.15) is 99.0 Å². The fourth-order valence-corrected chi connectivity index (χ4v) is 7.20. The van der Waals surface area contributed by atoms with Gasteiger partial charge in [0.1, 0.15) is 0 Å². The van der Waals surface area contributed by atoms with Gasteiger partial charge in [-0.15, -0.1) is 0 Å². The maximum absolute atomic E-state index is 14.4. The second-order valence-corrected chi connectivity index (χ2v) is 15.9. The van der Waals surface area contributed by atoms with E-state index in [0.717, 1.165) is 37.8 Å². The zero-order chi connectivity index (χ0) is 29.6. The molecule has 4 atom stereocenters. The van der Waals surface area contributed by atoms with Crippen molar-refractivity contribution in [2.24, 2.45) is 16.7 Å². The van der Waals surface area contributed by atoms with Gasteiger partial charge in [0.25, 0.3) is 0 Å². The number of carbonyl (C=O) groups is 2. The van der Waals surface area contributed by atoms with Gasteiger partial charge in [-0.25, -0.2) is 0 Å². The van der Waals surface area contributed by atoms with Crippen LogP contribution in [0.15, 0.2) is 24.3 Å². The number of carbonyl (C=O) groups excluding carboxylic acids is 2. The number of amides is 2. The van der Waals surface area contributed by atoms with Crippen LogP contribution in [-0.2, 0) is 9.59 Å². The Morgan fingerprint density at radius 2 is 1.57 bits per heavy atom. The van der Waals surface area contributed by atoms with Crippen molar-refractivity contribution in [2.75, 3.05) is 26.2 Å². The molecule has 1 aliphatic carbocycles. The minimum absolute atomic E-state index is 0.0512. The van der Waals surface area contributed by atoms with Gasteiger partial charge in [-0.05, 0) is 76.0 Å². The van der Waals surface area contributed by atoms with Crippen molar-refractivity contribution < 1.29 is 14.7 Å². The molecule has 7 heteroatoms. The van der Waals surface area contributed by atoms with Crippen LogP contribution in [0.4, 0.5) is 0 Å². The Morgan fingerprint density at radius 3 is 2.10 bits per heavy atom. The van der Waals surface area contributed by atoms with Gasteiger partial charge in [-0.3, -0.25) is 14.5 Å². The Labute approximate surface area is 247 Å². The molecule has 4 rings (SSSR count). The average Bonchev–Trinajstić information content (AvgIpc) is 3.50. The topological polar surface area (TPSA) is 64.1 Å². The van der Waals surface area contributed by atoms with Crippen molar-refractivity contribution in [2.45, 2.75) is 117 Å². The molecule has 1 N–H and O–H groups in total. The van der Waals surface area contributed by atoms with E-state index in [-0.39, 0.29) is 53.9 Å². The molecule has 0 radical (unpaired) electrons. The van der Waals surface area contributed by atoms with E-state index in [1.807, 2.05) is 49.9 Å². The molecular formula is C33H52ClN3O3. The molecule has 1 aromatic carbocycles. The van der Waals surface area contributed by atoms with Gasteiger partial charge < -0.3 is 14.9 Å². The molecule has 2 aliphatic heterocycles. The summed E-state index contributed by atoms with van der Waals surface area (Å²) in [5.41, 5.74) is 0.863. The minimum atomic E-state index is -0.503. The summed E-state index contributed by atoms with van der Waals surface area (Å²) < 4.78 is 0. The highest BCUT2D eigenvalue weighted by Crippen LogP contribution is 2.42. The van der Waals surface area contributed by atoms with Gasteiger partial charge in [0, 0.05) is 47.6 Å². The minimum Gasteiger partial charge on any atom is -0.394 e. The molecule has 224 valence electrons. The molecule has 2 heterocycles. The van der Waals surface area contributed by atoms with Crippen molar-refractivity contribution in [3.63, 3.8) is 0 Å². The summed E-state index contributed by atoms with van der Waals surface area (Å²) in [6.45, 7) is 19.1. The highest BCUT2D eigenvalue weighted by atomic mass is 35.5. The summed E-state index contributed by atoms with van der Waals surface area (Å²) >= 11 is 6.20. The Morgan fingerprint density at radius 1 is 0.975 bits per heavy atom. The number of likely N-dealkylation sites (tertiary alicyclic amines) is 2. The molecule has 40 heavy (non-hydrogen) atoms. The normalized spacial score (nSPS) is 28.2. The van der Waals surface area contributed by atoms with Crippen molar-refractivity contribution in [1.82, 2.24) is 14.7 Å². The molecule has 3 aliphatic rings. The molecule has 1 saturated carbocycles. The van der Waals surface area contributed by atoms with Crippen LogP contribution in [0.2, 0.25) is 5.02 Å². The van der Waals surface area contributed by atoms with Gasteiger partial charge in [0.2, 0.25) is 11.8 Å². The van der Waals surface area contributed by atoms with E-state index in [4.69, 9.17) is 11.6 Å². The van der Waals surface area contributed by atoms with Crippen molar-refractivity contribution >= 4 is 23.4 Å². The Hall–Kier alpha value is -1.63. The number of aliphatic hydroxyl groups is 1. The molecule has 0 bridgehead atoms. The third-order valence-electron chi connectivity index (χ3n) is 9.74. The lowest BCUT2D eigenvalue weighted by Crippen LogP contribution is -2.54. The van der Waals surface area contributed by atoms with Gasteiger partial charge in [0.15, 0.2) is 0 Å². The molecule has 1 aromatic rings. The predicted molar refractivity (Wildman–Crippen MR) is 162 cm³/mol. The van der Waals surface area contributed by atoms with Crippen LogP contribution in [0.25, 0.3) is 0 Å². The third kappa shape index (κ3) is 6.71. The van der Waals surface area contributed by atoms with Crippen molar-refractivity contribution in [3.8, 4) is 0 Å². The molecule has 0 aromatic heterocycles. The summed E-state index contributed by atoms with van der Waals surface area (Å²) in [6, 6.07) is 7.73. The van der Waals surface area contributed by atoms with Crippen LogP contribution in [0.3, 0.4) is 0 Å². The maximum atomic E-state index is 14.4. The first-order valence-corrected chi connectivity index (χ1v) is 15.6. The first-order chi connectivity index (χ1) is 18.5. The number of halogens is 1. The van der Waals surface area contributed by atoms with E-state index in [9.17, 15) is 14.7 Å². The standard InChI is InChI=1S/C33H52ClN3O3/c1-31(2,3)30(40)37(24-13-15-33(7,8)16-14-24)25-17-26(21-38)36(18-25)29(39)28-20-35(32(4,5)6)19-27(28)22-9-11-23(34)12-10-22/h9-12,24-28,38H,13-21H2,1-8H3/t25-,26-,27-,28+/m0/s1. The summed E-state index contributed by atoms with van der Waals surface area (Å²) in [4.78, 5) is 34.7. The number of hydrogen-bond acceptors (Lipinski definition) is 4. The van der Waals surface area contributed by atoms with E-state index in [1.54, 1.807) is 0 Å². The largest absolute Gasteiger partial charge is 0.394 e. The van der Waals surface area contributed by atoms with Crippen LogP contribution < -0.4 is 0 Å². The number of benzene rings is 1. The lowest BCUT2D eigenvalue weighted by atomic mass is 9.74. The second kappa shape index (κ2) is 11.6. The van der Waals surface area contributed by atoms with Gasteiger partial charge >= 0.3 is 0 Å². The van der Waals surface area contributed by atoms with Gasteiger partial charge in [0.05, 0.1) is 24.6 Å². The number of rotatable bonds is 5. The van der Waals surface area contributed by atoms with Gasteiger partial charge in [-0.1, -0.05) is 58.4 Å². The second-order valence-electron chi connectivity index (χ2n) is 15.4. The predicted octanol–water partition coefficient (Wildman–Crippen LogP) is 5.96. The van der Waals surface area contributed by atoms with Crippen molar-refractivity contribution in [3.05, 3.63) is 34.9 Å². The zero-order valence-corrected chi connectivity index (χ0v) is 26.8. The van der Waals surface area contributed by atoms with Gasteiger partial charge in [-0.2, -0.15) is 0 Å². The van der Waals surface area contributed by atoms with Crippen LogP contribution in [-0.4, -0.2) is 81.5 Å². The molecule has 0 unspecified atom stereocenters. The first kappa shape index (κ1) is 31.3. The van der Waals surface area contributed by atoms with Crippen LogP contribution in [0, 0.1) is 16.7 Å². The molecule has 2 amide bonds. The average molecular weight is 574 g/mol. The van der Waals surface area contributed by atoms with E-state index >= 15 is 0 Å². The van der Waals surface area contributed by atoms with Crippen molar-refractivity contribution in [1.29, 1.82) is 0 Å².